The van der Waals surface area contributed by atoms with Crippen LogP contribution in [0.2, 0.25) is 0 Å². The Morgan fingerprint density at radius 2 is 1.68 bits per heavy atom. The molecule has 0 radical (unpaired) electrons. The molecule has 34 heavy (non-hydrogen) atoms. The number of benzene rings is 2. The number of ether oxygens (including phenoxy) is 1. The molecule has 180 valence electrons. The molecule has 2 aromatic carbocycles. The molecule has 1 heterocycles. The number of carbonyl (C=O) groups excluding carboxylic acids is 1. The smallest absolute Gasteiger partial charge is 0.247 e. The highest BCUT2D eigenvalue weighted by Gasteiger charge is 2.21. The molecule has 3 aromatic rings. The topological polar surface area (TPSA) is 66.9 Å². The number of carbonyl (C=O) groups is 1. The van der Waals surface area contributed by atoms with Crippen LogP contribution in [-0.2, 0) is 27.9 Å². The number of hydrogen-bond donors (Lipinski definition) is 0. The summed E-state index contributed by atoms with van der Waals surface area (Å²) in [5.41, 5.74) is 1.68. The van der Waals surface area contributed by atoms with E-state index in [2.05, 4.69) is 0 Å². The van der Waals surface area contributed by atoms with Crippen LogP contribution >= 0.6 is 11.3 Å². The van der Waals surface area contributed by atoms with E-state index < -0.39 is 10.0 Å². The Morgan fingerprint density at radius 3 is 2.29 bits per heavy atom. The van der Waals surface area contributed by atoms with E-state index >= 15 is 0 Å². The number of rotatable bonds is 11. The van der Waals surface area contributed by atoms with Gasteiger partial charge in [-0.1, -0.05) is 50.2 Å². The van der Waals surface area contributed by atoms with Crippen molar-refractivity contribution in [1.29, 1.82) is 0 Å². The van der Waals surface area contributed by atoms with Crippen LogP contribution in [0.1, 0.15) is 29.9 Å². The lowest BCUT2D eigenvalue weighted by Gasteiger charge is -2.22. The van der Waals surface area contributed by atoms with Crippen molar-refractivity contribution in [1.82, 2.24) is 9.21 Å². The summed E-state index contributed by atoms with van der Waals surface area (Å²) in [5.74, 6) is 0.597. The van der Waals surface area contributed by atoms with E-state index in [0.29, 0.717) is 26.2 Å². The second kappa shape index (κ2) is 12.0. The predicted molar refractivity (Wildman–Crippen MR) is 137 cm³/mol. The lowest BCUT2D eigenvalue weighted by atomic mass is 10.1. The fourth-order valence-corrected chi connectivity index (χ4v) is 5.76. The molecule has 0 aliphatic heterocycles. The summed E-state index contributed by atoms with van der Waals surface area (Å²) in [6, 6.07) is 18.2. The zero-order valence-corrected chi connectivity index (χ0v) is 21.3. The van der Waals surface area contributed by atoms with Crippen molar-refractivity contribution in [2.75, 3.05) is 20.2 Å². The lowest BCUT2D eigenvalue weighted by molar-refractivity contribution is -0.127. The highest BCUT2D eigenvalue weighted by atomic mass is 32.2. The zero-order valence-electron chi connectivity index (χ0n) is 19.7. The van der Waals surface area contributed by atoms with Crippen molar-refractivity contribution in [3.63, 3.8) is 0 Å². The molecule has 0 saturated carbocycles. The standard InChI is InChI=1S/C26H30N2O4S2/c1-4-28(5-2)34(30,31)24-15-12-21(13-16-24)14-17-26(29)27(20-23-10-8-18-33-23)19-22-9-6-7-11-25(22)32-3/h6-18H,4-5,19-20H2,1-3H3/b17-14+. The van der Waals surface area contributed by atoms with Gasteiger partial charge in [-0.05, 0) is 41.3 Å². The van der Waals surface area contributed by atoms with Gasteiger partial charge >= 0.3 is 0 Å². The van der Waals surface area contributed by atoms with Crippen LogP contribution in [-0.4, -0.2) is 43.7 Å². The summed E-state index contributed by atoms with van der Waals surface area (Å²) in [7, 11) is -1.89. The predicted octanol–water partition coefficient (Wildman–Crippen LogP) is 5.03. The highest BCUT2D eigenvalue weighted by Crippen LogP contribution is 2.22. The van der Waals surface area contributed by atoms with Gasteiger partial charge in [0.05, 0.1) is 18.6 Å². The van der Waals surface area contributed by atoms with Crippen molar-refractivity contribution < 1.29 is 17.9 Å². The van der Waals surface area contributed by atoms with Gasteiger partial charge in [-0.25, -0.2) is 8.42 Å². The third-order valence-corrected chi connectivity index (χ3v) is 8.36. The van der Waals surface area contributed by atoms with Gasteiger partial charge in [0, 0.05) is 36.2 Å². The number of amides is 1. The Kier molecular flexibility index (Phi) is 9.04. The molecule has 0 unspecified atom stereocenters. The first-order chi connectivity index (χ1) is 16.4. The number of para-hydroxylation sites is 1. The SMILES string of the molecule is CCN(CC)S(=O)(=O)c1ccc(/C=C/C(=O)N(Cc2cccs2)Cc2ccccc2OC)cc1. The van der Waals surface area contributed by atoms with Gasteiger partial charge in [0.15, 0.2) is 0 Å². The number of sulfonamides is 1. The molecule has 0 aliphatic rings. The first-order valence-corrected chi connectivity index (χ1v) is 13.4. The van der Waals surface area contributed by atoms with Crippen LogP contribution in [0.15, 0.2) is 77.0 Å². The normalized spacial score (nSPS) is 11.8. The molecule has 0 spiro atoms. The van der Waals surface area contributed by atoms with E-state index in [1.807, 2.05) is 55.6 Å². The maximum Gasteiger partial charge on any atom is 0.247 e. The molecule has 3 rings (SSSR count). The number of nitrogens with zero attached hydrogens (tertiary/aromatic N) is 2. The first kappa shape index (κ1) is 25.7. The monoisotopic (exact) mass is 498 g/mol. The van der Waals surface area contributed by atoms with Crippen LogP contribution in [0.4, 0.5) is 0 Å². The minimum absolute atomic E-state index is 0.140. The largest absolute Gasteiger partial charge is 0.496 e. The molecule has 0 fully saturated rings. The fourth-order valence-electron chi connectivity index (χ4n) is 3.58. The van der Waals surface area contributed by atoms with E-state index in [1.165, 1.54) is 10.4 Å². The van der Waals surface area contributed by atoms with Gasteiger partial charge in [0.2, 0.25) is 15.9 Å². The molecule has 6 nitrogen and oxygen atoms in total. The molecule has 8 heteroatoms. The van der Waals surface area contributed by atoms with Crippen LogP contribution in [0.25, 0.3) is 6.08 Å². The van der Waals surface area contributed by atoms with Gasteiger partial charge in [0.1, 0.15) is 5.75 Å². The Hall–Kier alpha value is -2.94. The van der Waals surface area contributed by atoms with Crippen molar-refractivity contribution in [2.45, 2.75) is 31.8 Å². The van der Waals surface area contributed by atoms with E-state index in [1.54, 1.807) is 53.7 Å². The summed E-state index contributed by atoms with van der Waals surface area (Å²) in [4.78, 5) is 16.2. The Labute approximate surface area is 206 Å². The van der Waals surface area contributed by atoms with Gasteiger partial charge < -0.3 is 9.64 Å². The van der Waals surface area contributed by atoms with Crippen LogP contribution in [0.5, 0.6) is 5.75 Å². The summed E-state index contributed by atoms with van der Waals surface area (Å²) in [6.45, 7) is 5.36. The Balaban J connectivity index is 1.78. The second-order valence-electron chi connectivity index (χ2n) is 7.58. The number of thiophene rings is 1. The van der Waals surface area contributed by atoms with E-state index in [-0.39, 0.29) is 10.8 Å². The third kappa shape index (κ3) is 6.34. The van der Waals surface area contributed by atoms with Crippen molar-refractivity contribution >= 4 is 33.3 Å². The van der Waals surface area contributed by atoms with E-state index in [0.717, 1.165) is 21.8 Å². The average molecular weight is 499 g/mol. The molecule has 0 bridgehead atoms. The molecule has 0 atom stereocenters. The molecular formula is C26H30N2O4S2. The lowest BCUT2D eigenvalue weighted by Crippen LogP contribution is -2.30. The van der Waals surface area contributed by atoms with Crippen LogP contribution < -0.4 is 4.74 Å². The summed E-state index contributed by atoms with van der Waals surface area (Å²) < 4.78 is 32.2. The second-order valence-corrected chi connectivity index (χ2v) is 10.5. The average Bonchev–Trinajstić information content (AvgIpc) is 3.36. The minimum atomic E-state index is -3.51. The summed E-state index contributed by atoms with van der Waals surface area (Å²) >= 11 is 1.60. The Bertz CT molecular complexity index is 1200. The maximum atomic E-state index is 13.1. The quantitative estimate of drug-likeness (QED) is 0.348. The highest BCUT2D eigenvalue weighted by molar-refractivity contribution is 7.89. The summed E-state index contributed by atoms with van der Waals surface area (Å²) in [6.07, 6.45) is 3.23. The Morgan fingerprint density at radius 1 is 0.971 bits per heavy atom. The molecular weight excluding hydrogens is 468 g/mol. The molecule has 1 amide bonds. The van der Waals surface area contributed by atoms with Gasteiger partial charge in [0.25, 0.3) is 0 Å². The number of methoxy groups -OCH3 is 1. The van der Waals surface area contributed by atoms with Crippen LogP contribution in [0, 0.1) is 0 Å². The molecule has 0 aliphatic carbocycles. The fraction of sp³-hybridized carbons (Fsp3) is 0.269. The van der Waals surface area contributed by atoms with E-state index in [9.17, 15) is 13.2 Å². The summed E-state index contributed by atoms with van der Waals surface area (Å²) in [5, 5.41) is 1.99. The van der Waals surface area contributed by atoms with Gasteiger partial charge in [-0.2, -0.15) is 4.31 Å². The van der Waals surface area contributed by atoms with Crippen molar-refractivity contribution in [3.8, 4) is 5.75 Å². The zero-order chi connectivity index (χ0) is 24.6. The molecule has 0 saturated heterocycles. The number of hydrogen-bond acceptors (Lipinski definition) is 5. The maximum absolute atomic E-state index is 13.1. The third-order valence-electron chi connectivity index (χ3n) is 5.43. The van der Waals surface area contributed by atoms with Gasteiger partial charge in [-0.15, -0.1) is 11.3 Å². The van der Waals surface area contributed by atoms with E-state index in [4.69, 9.17) is 4.74 Å². The van der Waals surface area contributed by atoms with Crippen molar-refractivity contribution in [3.05, 3.63) is 88.1 Å². The molecule has 1 aromatic heterocycles. The van der Waals surface area contributed by atoms with Crippen molar-refractivity contribution in [2.24, 2.45) is 0 Å². The first-order valence-electron chi connectivity index (χ1n) is 11.1. The minimum Gasteiger partial charge on any atom is -0.496 e. The molecule has 0 N–H and O–H groups in total. The van der Waals surface area contributed by atoms with Crippen LogP contribution in [0.3, 0.4) is 0 Å². The van der Waals surface area contributed by atoms with Gasteiger partial charge in [-0.3, -0.25) is 4.79 Å².